The number of amides is 1. The lowest BCUT2D eigenvalue weighted by atomic mass is 10.0. The number of nitrogens with one attached hydrogen (secondary N) is 1. The number of hydrogen-bond acceptors (Lipinski definition) is 2. The summed E-state index contributed by atoms with van der Waals surface area (Å²) in [5.41, 5.74) is 0.106. The van der Waals surface area contributed by atoms with Crippen molar-refractivity contribution in [3.63, 3.8) is 0 Å². The molecular weight excluding hydrogens is 281 g/mol. The maximum Gasteiger partial charge on any atom is 0.256 e. The highest BCUT2D eigenvalue weighted by atomic mass is 79.9. The Morgan fingerprint density at radius 1 is 1.73 bits per heavy atom. The van der Waals surface area contributed by atoms with Crippen LogP contribution in [0.25, 0.3) is 0 Å². The molecule has 5 heteroatoms. The van der Waals surface area contributed by atoms with Gasteiger partial charge >= 0.3 is 0 Å². The minimum absolute atomic E-state index is 0.125. The van der Waals surface area contributed by atoms with Crippen molar-refractivity contribution < 1.29 is 9.21 Å². The van der Waals surface area contributed by atoms with Gasteiger partial charge in [-0.05, 0) is 31.0 Å². The summed E-state index contributed by atoms with van der Waals surface area (Å²) in [6.07, 6.45) is 2.23. The van der Waals surface area contributed by atoms with E-state index in [0.717, 1.165) is 6.42 Å². The zero-order valence-corrected chi connectivity index (χ0v) is 11.0. The lowest BCUT2D eigenvalue weighted by Gasteiger charge is -2.27. The molecule has 1 amide bonds. The summed E-state index contributed by atoms with van der Waals surface area (Å²) in [5.74, 6) is -0.211. The van der Waals surface area contributed by atoms with Gasteiger partial charge in [-0.1, -0.05) is 22.9 Å². The molecule has 1 aromatic heterocycles. The summed E-state index contributed by atoms with van der Waals surface area (Å²) in [5, 5.41) is 3.72. The topological polar surface area (TPSA) is 42.2 Å². The summed E-state index contributed by atoms with van der Waals surface area (Å²) in [6, 6.07) is 1.56. The second-order valence-electron chi connectivity index (χ2n) is 3.61. The van der Waals surface area contributed by atoms with Crippen molar-refractivity contribution in [3.05, 3.63) is 23.1 Å². The average molecular weight is 295 g/mol. The molecular formula is C10H13BrClNO2. The van der Waals surface area contributed by atoms with Gasteiger partial charge < -0.3 is 9.73 Å². The summed E-state index contributed by atoms with van der Waals surface area (Å²) in [6.45, 7) is 3.98. The van der Waals surface area contributed by atoms with E-state index in [1.807, 2.05) is 13.8 Å². The zero-order chi connectivity index (χ0) is 11.5. The molecule has 1 N–H and O–H groups in total. The first-order valence-corrected chi connectivity index (χ1v) is 6.14. The van der Waals surface area contributed by atoms with Crippen LogP contribution in [0.15, 0.2) is 16.7 Å². The molecule has 3 nitrogen and oxygen atoms in total. The van der Waals surface area contributed by atoms with Gasteiger partial charge in [0.05, 0.1) is 11.8 Å². The van der Waals surface area contributed by atoms with Crippen molar-refractivity contribution >= 4 is 33.4 Å². The highest BCUT2D eigenvalue weighted by molar-refractivity contribution is 9.09. The van der Waals surface area contributed by atoms with E-state index < -0.39 is 0 Å². The Hall–Kier alpha value is -0.480. The molecule has 0 radical (unpaired) electrons. The Morgan fingerprint density at radius 3 is 2.80 bits per heavy atom. The third-order valence-corrected chi connectivity index (χ3v) is 3.88. The average Bonchev–Trinajstić information content (AvgIpc) is 2.64. The van der Waals surface area contributed by atoms with Gasteiger partial charge in [0.25, 0.3) is 5.91 Å². The SMILES string of the molecule is CCC(C)(CBr)NC(=O)c1ccoc1Cl. The molecule has 1 rings (SSSR count). The second-order valence-corrected chi connectivity index (χ2v) is 4.51. The van der Waals surface area contributed by atoms with Crippen LogP contribution in [0, 0.1) is 0 Å². The molecule has 0 aromatic carbocycles. The Labute approximate surface area is 102 Å². The maximum atomic E-state index is 11.8. The van der Waals surface area contributed by atoms with Crippen LogP contribution < -0.4 is 5.32 Å². The van der Waals surface area contributed by atoms with Crippen LogP contribution in [0.1, 0.15) is 30.6 Å². The minimum Gasteiger partial charge on any atom is -0.452 e. The van der Waals surface area contributed by atoms with Crippen molar-refractivity contribution in [2.75, 3.05) is 5.33 Å². The predicted molar refractivity (Wildman–Crippen MR) is 63.7 cm³/mol. The number of halogens is 2. The fourth-order valence-corrected chi connectivity index (χ4v) is 1.75. The largest absolute Gasteiger partial charge is 0.452 e. The molecule has 0 fully saturated rings. The molecule has 0 aliphatic carbocycles. The number of rotatable bonds is 4. The molecule has 0 saturated heterocycles. The van der Waals surface area contributed by atoms with E-state index in [9.17, 15) is 4.79 Å². The molecule has 1 heterocycles. The highest BCUT2D eigenvalue weighted by Gasteiger charge is 2.25. The number of furan rings is 1. The minimum atomic E-state index is -0.266. The smallest absolute Gasteiger partial charge is 0.256 e. The van der Waals surface area contributed by atoms with Crippen LogP contribution in [0.4, 0.5) is 0 Å². The van der Waals surface area contributed by atoms with E-state index in [2.05, 4.69) is 21.2 Å². The number of alkyl halides is 1. The lowest BCUT2D eigenvalue weighted by Crippen LogP contribution is -2.46. The summed E-state index contributed by atoms with van der Waals surface area (Å²) < 4.78 is 4.86. The standard InChI is InChI=1S/C10H13BrClNO2/c1-3-10(2,6-11)13-9(14)7-4-5-15-8(7)12/h4-5H,3,6H2,1-2H3,(H,13,14). The molecule has 0 saturated carbocycles. The van der Waals surface area contributed by atoms with Crippen molar-refractivity contribution in [1.29, 1.82) is 0 Å². The highest BCUT2D eigenvalue weighted by Crippen LogP contribution is 2.19. The predicted octanol–water partition coefficient (Wildman–Crippen LogP) is 3.23. The Kier molecular flexibility index (Phi) is 4.22. The van der Waals surface area contributed by atoms with E-state index in [0.29, 0.717) is 10.9 Å². The third-order valence-electron chi connectivity index (χ3n) is 2.35. The molecule has 1 atom stereocenters. The number of hydrogen-bond donors (Lipinski definition) is 1. The summed E-state index contributed by atoms with van der Waals surface area (Å²) in [7, 11) is 0. The van der Waals surface area contributed by atoms with Crippen molar-refractivity contribution in [2.45, 2.75) is 25.8 Å². The zero-order valence-electron chi connectivity index (χ0n) is 8.64. The molecule has 0 aliphatic rings. The quantitative estimate of drug-likeness (QED) is 0.866. The van der Waals surface area contributed by atoms with Crippen LogP contribution in [-0.4, -0.2) is 16.8 Å². The Bertz CT molecular complexity index is 347. The molecule has 0 bridgehead atoms. The van der Waals surface area contributed by atoms with E-state index >= 15 is 0 Å². The maximum absolute atomic E-state index is 11.8. The molecule has 1 aromatic rings. The van der Waals surface area contributed by atoms with Crippen molar-refractivity contribution in [1.82, 2.24) is 5.32 Å². The van der Waals surface area contributed by atoms with E-state index in [-0.39, 0.29) is 16.7 Å². The van der Waals surface area contributed by atoms with Crippen LogP contribution in [0.2, 0.25) is 5.22 Å². The van der Waals surface area contributed by atoms with E-state index in [1.165, 1.54) is 6.26 Å². The fraction of sp³-hybridized carbons (Fsp3) is 0.500. The third kappa shape index (κ3) is 2.98. The summed E-state index contributed by atoms with van der Waals surface area (Å²) >= 11 is 9.08. The Morgan fingerprint density at radius 2 is 2.40 bits per heavy atom. The van der Waals surface area contributed by atoms with Gasteiger partial charge in [-0.3, -0.25) is 4.79 Å². The first-order valence-electron chi connectivity index (χ1n) is 4.64. The number of carbonyl (C=O) groups excluding carboxylic acids is 1. The van der Waals surface area contributed by atoms with E-state index in [4.69, 9.17) is 16.0 Å². The lowest BCUT2D eigenvalue weighted by molar-refractivity contribution is 0.0913. The molecule has 1 unspecified atom stereocenters. The van der Waals surface area contributed by atoms with Gasteiger partial charge in [0.1, 0.15) is 0 Å². The van der Waals surface area contributed by atoms with Gasteiger partial charge in [-0.25, -0.2) is 0 Å². The monoisotopic (exact) mass is 293 g/mol. The first kappa shape index (κ1) is 12.6. The molecule has 15 heavy (non-hydrogen) atoms. The van der Waals surface area contributed by atoms with Gasteiger partial charge in [0.15, 0.2) is 0 Å². The molecule has 84 valence electrons. The van der Waals surface area contributed by atoms with Crippen molar-refractivity contribution in [3.8, 4) is 0 Å². The Balaban J connectivity index is 2.76. The van der Waals surface area contributed by atoms with Gasteiger partial charge in [0, 0.05) is 10.9 Å². The van der Waals surface area contributed by atoms with E-state index in [1.54, 1.807) is 6.07 Å². The molecule has 0 spiro atoms. The van der Waals surface area contributed by atoms with Gasteiger partial charge in [-0.2, -0.15) is 0 Å². The normalized spacial score (nSPS) is 14.7. The van der Waals surface area contributed by atoms with Gasteiger partial charge in [-0.15, -0.1) is 0 Å². The van der Waals surface area contributed by atoms with Crippen LogP contribution in [0.3, 0.4) is 0 Å². The van der Waals surface area contributed by atoms with Crippen molar-refractivity contribution in [2.24, 2.45) is 0 Å². The second kappa shape index (κ2) is 5.03. The van der Waals surface area contributed by atoms with Crippen LogP contribution in [0.5, 0.6) is 0 Å². The fourth-order valence-electron chi connectivity index (χ4n) is 1.01. The number of carbonyl (C=O) groups is 1. The first-order chi connectivity index (χ1) is 7.02. The molecule has 0 aliphatic heterocycles. The van der Waals surface area contributed by atoms with Crippen LogP contribution in [-0.2, 0) is 0 Å². The van der Waals surface area contributed by atoms with Gasteiger partial charge in [0.2, 0.25) is 5.22 Å². The van der Waals surface area contributed by atoms with Crippen LogP contribution >= 0.6 is 27.5 Å². The summed E-state index contributed by atoms with van der Waals surface area (Å²) in [4.78, 5) is 11.8.